The van der Waals surface area contributed by atoms with Gasteiger partial charge in [-0.3, -0.25) is 14.2 Å². The van der Waals surface area contributed by atoms with Crippen molar-refractivity contribution in [1.29, 1.82) is 0 Å². The molecule has 2 heterocycles. The van der Waals surface area contributed by atoms with Crippen molar-refractivity contribution in [3.05, 3.63) is 57.2 Å². The molecule has 1 aliphatic heterocycles. The average Bonchev–Trinajstić information content (AvgIpc) is 2.57. The lowest BCUT2D eigenvalue weighted by Crippen LogP contribution is -2.53. The van der Waals surface area contributed by atoms with Gasteiger partial charge in [-0.1, -0.05) is 17.7 Å². The molecule has 0 radical (unpaired) electrons. The molecule has 1 fully saturated rings. The first-order chi connectivity index (χ1) is 12.3. The Morgan fingerprint density at radius 2 is 1.96 bits per heavy atom. The molecule has 1 saturated heterocycles. The highest BCUT2D eigenvalue weighted by Gasteiger charge is 2.28. The molecule has 3 rings (SSSR count). The van der Waals surface area contributed by atoms with Crippen LogP contribution in [0.15, 0.2) is 35.1 Å². The van der Waals surface area contributed by atoms with Crippen LogP contribution >= 0.6 is 11.6 Å². The van der Waals surface area contributed by atoms with Gasteiger partial charge in [0.2, 0.25) is 11.8 Å². The number of benzene rings is 1. The maximum atomic E-state index is 12.5. The minimum absolute atomic E-state index is 0.0293. The Kier molecular flexibility index (Phi) is 5.08. The molecule has 1 aliphatic rings. The van der Waals surface area contributed by atoms with Gasteiger partial charge in [0, 0.05) is 35.2 Å². The van der Waals surface area contributed by atoms with Crippen LogP contribution in [0.4, 0.5) is 5.69 Å². The molecule has 0 N–H and O–H groups in total. The molecule has 26 heavy (non-hydrogen) atoms. The highest BCUT2D eigenvalue weighted by atomic mass is 35.5. The summed E-state index contributed by atoms with van der Waals surface area (Å²) in [7, 11) is 0. The van der Waals surface area contributed by atoms with Crippen molar-refractivity contribution in [2.24, 2.45) is 0 Å². The number of halogens is 1. The van der Waals surface area contributed by atoms with Crippen molar-refractivity contribution in [1.82, 2.24) is 14.5 Å². The number of aryl methyl sites for hydroxylation is 2. The highest BCUT2D eigenvalue weighted by Crippen LogP contribution is 2.21. The molecule has 2 amide bonds. The number of carbonyl (C=O) groups is 2. The molecule has 136 valence electrons. The SMILES string of the molecule is Cc1cc(C)n(CC(=O)N2CCN(c3cccc(Cl)c3)C(=O)C2)c(=O)n1. The molecule has 1 aromatic heterocycles. The van der Waals surface area contributed by atoms with E-state index in [2.05, 4.69) is 4.98 Å². The predicted molar refractivity (Wildman–Crippen MR) is 98.4 cm³/mol. The zero-order chi connectivity index (χ0) is 18.8. The lowest BCUT2D eigenvalue weighted by molar-refractivity contribution is -0.137. The summed E-state index contributed by atoms with van der Waals surface area (Å²) in [6.07, 6.45) is 0. The van der Waals surface area contributed by atoms with Gasteiger partial charge in [-0.15, -0.1) is 0 Å². The second kappa shape index (κ2) is 7.29. The Balaban J connectivity index is 1.70. The Hall–Kier alpha value is -2.67. The Morgan fingerprint density at radius 3 is 2.62 bits per heavy atom. The zero-order valence-electron chi connectivity index (χ0n) is 14.6. The number of hydrogen-bond acceptors (Lipinski definition) is 4. The van der Waals surface area contributed by atoms with Crippen LogP contribution in [0.1, 0.15) is 11.4 Å². The molecule has 0 atom stereocenters. The molecule has 1 aromatic carbocycles. The van der Waals surface area contributed by atoms with Crippen LogP contribution in [0, 0.1) is 13.8 Å². The number of carbonyl (C=O) groups excluding carboxylic acids is 2. The summed E-state index contributed by atoms with van der Waals surface area (Å²) >= 11 is 5.98. The summed E-state index contributed by atoms with van der Waals surface area (Å²) in [6.45, 7) is 4.11. The minimum atomic E-state index is -0.459. The monoisotopic (exact) mass is 374 g/mol. The second-order valence-corrected chi connectivity index (χ2v) is 6.68. The number of amides is 2. The van der Waals surface area contributed by atoms with E-state index in [9.17, 15) is 14.4 Å². The maximum Gasteiger partial charge on any atom is 0.348 e. The van der Waals surface area contributed by atoms with Gasteiger partial charge in [0.05, 0.1) is 0 Å². The van der Waals surface area contributed by atoms with Crippen LogP contribution in [0.2, 0.25) is 5.02 Å². The zero-order valence-corrected chi connectivity index (χ0v) is 15.4. The highest BCUT2D eigenvalue weighted by molar-refractivity contribution is 6.30. The van der Waals surface area contributed by atoms with Gasteiger partial charge in [-0.2, -0.15) is 4.98 Å². The molecule has 0 aliphatic carbocycles. The van der Waals surface area contributed by atoms with Gasteiger partial charge in [-0.05, 0) is 38.1 Å². The first-order valence-electron chi connectivity index (χ1n) is 8.24. The van der Waals surface area contributed by atoms with Crippen molar-refractivity contribution >= 4 is 29.1 Å². The molecule has 8 heteroatoms. The van der Waals surface area contributed by atoms with Gasteiger partial charge >= 0.3 is 5.69 Å². The summed E-state index contributed by atoms with van der Waals surface area (Å²) in [6, 6.07) is 8.80. The predicted octanol–water partition coefficient (Wildman–Crippen LogP) is 1.39. The fraction of sp³-hybridized carbons (Fsp3) is 0.333. The van der Waals surface area contributed by atoms with E-state index in [4.69, 9.17) is 11.6 Å². The first kappa shape index (κ1) is 18.1. The van der Waals surface area contributed by atoms with Gasteiger partial charge < -0.3 is 9.80 Å². The van der Waals surface area contributed by atoms with Crippen molar-refractivity contribution in [3.63, 3.8) is 0 Å². The number of anilines is 1. The summed E-state index contributed by atoms with van der Waals surface area (Å²) < 4.78 is 1.32. The summed E-state index contributed by atoms with van der Waals surface area (Å²) in [4.78, 5) is 43.9. The fourth-order valence-electron chi connectivity index (χ4n) is 3.01. The van der Waals surface area contributed by atoms with Crippen molar-refractivity contribution in [3.8, 4) is 0 Å². The van der Waals surface area contributed by atoms with Crippen molar-refractivity contribution in [2.45, 2.75) is 20.4 Å². The van der Waals surface area contributed by atoms with Gasteiger partial charge in [0.1, 0.15) is 13.1 Å². The van der Waals surface area contributed by atoms with Crippen molar-refractivity contribution < 1.29 is 9.59 Å². The fourth-order valence-corrected chi connectivity index (χ4v) is 3.19. The van der Waals surface area contributed by atoms with Crippen LogP contribution in [-0.2, 0) is 16.1 Å². The van der Waals surface area contributed by atoms with E-state index in [0.717, 1.165) is 0 Å². The Bertz CT molecular complexity index is 925. The number of nitrogens with zero attached hydrogens (tertiary/aromatic N) is 4. The molecule has 0 bridgehead atoms. The number of hydrogen-bond donors (Lipinski definition) is 0. The topological polar surface area (TPSA) is 75.5 Å². The number of piperazine rings is 1. The third kappa shape index (κ3) is 3.77. The molecule has 0 spiro atoms. The van der Waals surface area contributed by atoms with E-state index < -0.39 is 5.69 Å². The summed E-state index contributed by atoms with van der Waals surface area (Å²) in [5.41, 5.74) is 1.53. The maximum absolute atomic E-state index is 12.5. The lowest BCUT2D eigenvalue weighted by atomic mass is 10.2. The van der Waals surface area contributed by atoms with Gasteiger partial charge in [-0.25, -0.2) is 4.79 Å². The second-order valence-electron chi connectivity index (χ2n) is 6.25. The lowest BCUT2D eigenvalue weighted by Gasteiger charge is -2.34. The number of aromatic nitrogens is 2. The molecular formula is C18H19ClN4O3. The van der Waals surface area contributed by atoms with Crippen LogP contribution in [0.5, 0.6) is 0 Å². The summed E-state index contributed by atoms with van der Waals surface area (Å²) in [5, 5.41) is 0.551. The van der Waals surface area contributed by atoms with E-state index in [1.54, 1.807) is 43.0 Å². The first-order valence-corrected chi connectivity index (χ1v) is 8.62. The van der Waals surface area contributed by atoms with Gasteiger partial charge in [0.25, 0.3) is 0 Å². The third-order valence-electron chi connectivity index (χ3n) is 4.33. The van der Waals surface area contributed by atoms with Gasteiger partial charge in [0.15, 0.2) is 0 Å². The molecule has 0 unspecified atom stereocenters. The average molecular weight is 375 g/mol. The molecule has 0 saturated carbocycles. The quantitative estimate of drug-likeness (QED) is 0.813. The van der Waals surface area contributed by atoms with Crippen LogP contribution in [0.3, 0.4) is 0 Å². The normalized spacial score (nSPS) is 14.7. The van der Waals surface area contributed by atoms with E-state index in [1.165, 1.54) is 9.47 Å². The third-order valence-corrected chi connectivity index (χ3v) is 4.57. The van der Waals surface area contributed by atoms with Crippen LogP contribution in [-0.4, -0.2) is 45.9 Å². The molecule has 7 nitrogen and oxygen atoms in total. The minimum Gasteiger partial charge on any atom is -0.330 e. The Morgan fingerprint density at radius 1 is 1.19 bits per heavy atom. The summed E-state index contributed by atoms with van der Waals surface area (Å²) in [5.74, 6) is -0.460. The van der Waals surface area contributed by atoms with E-state index in [1.807, 2.05) is 6.07 Å². The van der Waals surface area contributed by atoms with Crippen LogP contribution < -0.4 is 10.6 Å². The smallest absolute Gasteiger partial charge is 0.330 e. The molecule has 2 aromatic rings. The van der Waals surface area contributed by atoms with E-state index in [-0.39, 0.29) is 24.9 Å². The van der Waals surface area contributed by atoms with E-state index >= 15 is 0 Å². The molecular weight excluding hydrogens is 356 g/mol. The van der Waals surface area contributed by atoms with E-state index in [0.29, 0.717) is 35.2 Å². The standard InChI is InChI=1S/C18H19ClN4O3/c1-12-8-13(2)23(18(26)20-12)11-16(24)21-6-7-22(17(25)10-21)15-5-3-4-14(19)9-15/h3-5,8-9H,6-7,10-11H2,1-2H3. The number of rotatable bonds is 3. The largest absolute Gasteiger partial charge is 0.348 e. The van der Waals surface area contributed by atoms with Crippen LogP contribution in [0.25, 0.3) is 0 Å². The Labute approximate surface area is 155 Å². The van der Waals surface area contributed by atoms with Crippen molar-refractivity contribution in [2.75, 3.05) is 24.5 Å².